The van der Waals surface area contributed by atoms with Crippen LogP contribution < -0.4 is 4.74 Å². The summed E-state index contributed by atoms with van der Waals surface area (Å²) in [5.41, 5.74) is 2.47. The number of fused-ring (bicyclic) bond motifs is 1. The zero-order chi connectivity index (χ0) is 18.9. The Morgan fingerprint density at radius 2 is 1.96 bits per heavy atom. The van der Waals surface area contributed by atoms with Crippen LogP contribution in [0.15, 0.2) is 60.2 Å². The lowest BCUT2D eigenvalue weighted by atomic mass is 10.2. The summed E-state index contributed by atoms with van der Waals surface area (Å²) >= 11 is 1.62. The Morgan fingerprint density at radius 1 is 1.07 bits per heavy atom. The summed E-state index contributed by atoms with van der Waals surface area (Å²) < 4.78 is 9.44. The average molecular weight is 389 g/mol. The first kappa shape index (κ1) is 16.6. The van der Waals surface area contributed by atoms with Crippen LogP contribution in [0.3, 0.4) is 0 Å². The number of aromatic nitrogens is 7. The molecule has 0 saturated carbocycles. The van der Waals surface area contributed by atoms with E-state index < -0.39 is 0 Å². The van der Waals surface area contributed by atoms with Gasteiger partial charge in [-0.15, -0.1) is 26.6 Å². The number of ether oxygens (including phenoxy) is 1. The van der Waals surface area contributed by atoms with E-state index in [0.717, 1.165) is 16.0 Å². The van der Waals surface area contributed by atoms with E-state index in [1.165, 1.54) is 6.33 Å². The van der Waals surface area contributed by atoms with Gasteiger partial charge in [0.05, 0.1) is 5.56 Å². The molecule has 138 valence electrons. The van der Waals surface area contributed by atoms with Crippen molar-refractivity contribution in [1.29, 1.82) is 0 Å². The minimum atomic E-state index is 0.260. The van der Waals surface area contributed by atoms with Gasteiger partial charge in [-0.2, -0.15) is 9.61 Å². The smallest absolute Gasteiger partial charge is 0.241 e. The molecule has 9 heteroatoms. The Hall–Kier alpha value is -3.59. The number of benzene rings is 1. The van der Waals surface area contributed by atoms with Gasteiger partial charge in [0.15, 0.2) is 17.3 Å². The van der Waals surface area contributed by atoms with Gasteiger partial charge in [0.1, 0.15) is 12.9 Å². The van der Waals surface area contributed by atoms with Gasteiger partial charge in [0, 0.05) is 17.5 Å². The van der Waals surface area contributed by atoms with E-state index in [9.17, 15) is 0 Å². The number of hydrogen-bond donors (Lipinski definition) is 0. The van der Waals surface area contributed by atoms with Crippen molar-refractivity contribution >= 4 is 17.0 Å². The van der Waals surface area contributed by atoms with E-state index in [1.807, 2.05) is 61.0 Å². The number of aryl methyl sites for hydroxylation is 1. The van der Waals surface area contributed by atoms with Crippen molar-refractivity contribution in [2.75, 3.05) is 0 Å². The predicted octanol–water partition coefficient (Wildman–Crippen LogP) is 3.23. The van der Waals surface area contributed by atoms with Gasteiger partial charge in [-0.1, -0.05) is 36.4 Å². The van der Waals surface area contributed by atoms with Crippen molar-refractivity contribution in [2.24, 2.45) is 7.05 Å². The first-order chi connectivity index (χ1) is 13.8. The first-order valence-electron chi connectivity index (χ1n) is 8.61. The standard InChI is InChI=1S/C19H15N7OS/c1-25-17(20-12-21-25)11-27-19-14(15-8-5-9-28-15)10-16-22-23-18(26(16)24-19)13-6-3-2-4-7-13/h2-10,12H,11H2,1H3. The predicted molar refractivity (Wildman–Crippen MR) is 105 cm³/mol. The van der Waals surface area contributed by atoms with Crippen molar-refractivity contribution in [1.82, 2.24) is 34.6 Å². The molecule has 28 heavy (non-hydrogen) atoms. The summed E-state index contributed by atoms with van der Waals surface area (Å²) in [5.74, 6) is 1.87. The van der Waals surface area contributed by atoms with E-state index in [0.29, 0.717) is 23.2 Å². The van der Waals surface area contributed by atoms with Crippen LogP contribution in [-0.4, -0.2) is 34.6 Å². The lowest BCUT2D eigenvalue weighted by Crippen LogP contribution is -2.07. The van der Waals surface area contributed by atoms with Crippen molar-refractivity contribution in [3.8, 4) is 27.7 Å². The highest BCUT2D eigenvalue weighted by atomic mass is 32.1. The van der Waals surface area contributed by atoms with Crippen molar-refractivity contribution in [3.63, 3.8) is 0 Å². The maximum atomic E-state index is 6.05. The average Bonchev–Trinajstić information content (AvgIpc) is 3.47. The van der Waals surface area contributed by atoms with E-state index in [1.54, 1.807) is 20.5 Å². The summed E-state index contributed by atoms with van der Waals surface area (Å²) in [6, 6.07) is 15.8. The molecule has 0 unspecified atom stereocenters. The Bertz CT molecular complexity index is 1230. The van der Waals surface area contributed by atoms with E-state index >= 15 is 0 Å². The first-order valence-corrected chi connectivity index (χ1v) is 9.49. The fourth-order valence-corrected chi connectivity index (χ4v) is 3.62. The fraction of sp³-hybridized carbons (Fsp3) is 0.105. The Labute approximate surface area is 164 Å². The molecule has 8 nitrogen and oxygen atoms in total. The molecule has 0 spiro atoms. The molecule has 0 bridgehead atoms. The zero-order valence-corrected chi connectivity index (χ0v) is 15.7. The molecule has 0 amide bonds. The normalized spacial score (nSPS) is 11.2. The number of thiophene rings is 1. The third-order valence-corrected chi connectivity index (χ3v) is 5.22. The summed E-state index contributed by atoms with van der Waals surface area (Å²) in [4.78, 5) is 5.26. The summed E-state index contributed by atoms with van der Waals surface area (Å²) in [5, 5.41) is 19.4. The van der Waals surface area contributed by atoms with Gasteiger partial charge in [-0.25, -0.2) is 4.98 Å². The number of nitrogens with zero attached hydrogens (tertiary/aromatic N) is 7. The molecule has 4 aromatic heterocycles. The van der Waals surface area contributed by atoms with E-state index in [4.69, 9.17) is 9.84 Å². The molecule has 0 aliphatic rings. The van der Waals surface area contributed by atoms with Crippen molar-refractivity contribution in [2.45, 2.75) is 6.61 Å². The molecule has 5 aromatic rings. The van der Waals surface area contributed by atoms with Gasteiger partial charge in [0.2, 0.25) is 5.88 Å². The Balaban J connectivity index is 1.62. The van der Waals surface area contributed by atoms with Crippen LogP contribution in [0.5, 0.6) is 5.88 Å². The molecule has 1 aromatic carbocycles. The van der Waals surface area contributed by atoms with E-state index in [2.05, 4.69) is 20.3 Å². The second-order valence-electron chi connectivity index (χ2n) is 6.09. The van der Waals surface area contributed by atoms with Crippen LogP contribution in [0.1, 0.15) is 5.82 Å². The minimum Gasteiger partial charge on any atom is -0.468 e. The second kappa shape index (κ2) is 6.86. The molecule has 0 aliphatic carbocycles. The topological polar surface area (TPSA) is 83.0 Å². The maximum Gasteiger partial charge on any atom is 0.241 e. The van der Waals surface area contributed by atoms with Gasteiger partial charge >= 0.3 is 0 Å². The molecular formula is C19H15N7OS. The van der Waals surface area contributed by atoms with Gasteiger partial charge < -0.3 is 4.74 Å². The molecule has 0 N–H and O–H groups in total. The molecule has 5 rings (SSSR count). The van der Waals surface area contributed by atoms with Crippen LogP contribution in [0, 0.1) is 0 Å². The Morgan fingerprint density at radius 3 is 2.71 bits per heavy atom. The monoisotopic (exact) mass is 389 g/mol. The van der Waals surface area contributed by atoms with E-state index in [-0.39, 0.29) is 6.61 Å². The molecule has 0 aliphatic heterocycles. The Kier molecular flexibility index (Phi) is 4.06. The van der Waals surface area contributed by atoms with Gasteiger partial charge in [0.25, 0.3) is 0 Å². The summed E-state index contributed by atoms with van der Waals surface area (Å²) in [7, 11) is 1.83. The maximum absolute atomic E-state index is 6.05. The molecule has 0 atom stereocenters. The minimum absolute atomic E-state index is 0.260. The van der Waals surface area contributed by atoms with Crippen LogP contribution >= 0.6 is 11.3 Å². The third-order valence-electron chi connectivity index (χ3n) is 4.32. The van der Waals surface area contributed by atoms with Crippen LogP contribution in [0.25, 0.3) is 27.5 Å². The van der Waals surface area contributed by atoms with Crippen LogP contribution in [0.4, 0.5) is 0 Å². The molecular weight excluding hydrogens is 374 g/mol. The molecule has 0 fully saturated rings. The third kappa shape index (κ3) is 2.91. The zero-order valence-electron chi connectivity index (χ0n) is 14.9. The van der Waals surface area contributed by atoms with Gasteiger partial charge in [-0.05, 0) is 17.5 Å². The SMILES string of the molecule is Cn1ncnc1COc1nn2c(-c3ccccc3)nnc2cc1-c1cccs1. The second-order valence-corrected chi connectivity index (χ2v) is 7.04. The highest BCUT2D eigenvalue weighted by Gasteiger charge is 2.17. The highest BCUT2D eigenvalue weighted by molar-refractivity contribution is 7.13. The van der Waals surface area contributed by atoms with Gasteiger partial charge in [-0.3, -0.25) is 4.68 Å². The summed E-state index contributed by atoms with van der Waals surface area (Å²) in [6.45, 7) is 0.260. The lowest BCUT2D eigenvalue weighted by Gasteiger charge is -2.10. The van der Waals surface area contributed by atoms with Crippen LogP contribution in [0.2, 0.25) is 0 Å². The molecule has 4 heterocycles. The fourth-order valence-electron chi connectivity index (χ4n) is 2.88. The summed E-state index contributed by atoms with van der Waals surface area (Å²) in [6.07, 6.45) is 1.50. The number of hydrogen-bond acceptors (Lipinski definition) is 7. The lowest BCUT2D eigenvalue weighted by molar-refractivity contribution is 0.276. The molecule has 0 radical (unpaired) electrons. The quantitative estimate of drug-likeness (QED) is 0.459. The largest absolute Gasteiger partial charge is 0.468 e. The van der Waals surface area contributed by atoms with Crippen molar-refractivity contribution < 1.29 is 4.74 Å². The number of rotatable bonds is 5. The highest BCUT2D eigenvalue weighted by Crippen LogP contribution is 2.33. The van der Waals surface area contributed by atoms with Crippen molar-refractivity contribution in [3.05, 3.63) is 66.1 Å². The van der Waals surface area contributed by atoms with Crippen LogP contribution in [-0.2, 0) is 13.7 Å². The molecule has 0 saturated heterocycles.